The highest BCUT2D eigenvalue weighted by Crippen LogP contribution is 2.24. The first-order valence-electron chi connectivity index (χ1n) is 6.37. The summed E-state index contributed by atoms with van der Waals surface area (Å²) >= 11 is 3.45. The molecule has 18 heavy (non-hydrogen) atoms. The van der Waals surface area contributed by atoms with Gasteiger partial charge in [-0.25, -0.2) is 4.98 Å². The van der Waals surface area contributed by atoms with Crippen LogP contribution in [-0.2, 0) is 6.54 Å². The van der Waals surface area contributed by atoms with E-state index in [4.69, 9.17) is 5.73 Å². The standard InChI is InChI=1S/C13H21BrN4/c1-17-5-3-4-12(9-17)18(2)13-10(7-15)6-11(14)8-16-13/h6,8,12H,3-5,7,9,15H2,1-2H3. The van der Waals surface area contributed by atoms with Gasteiger partial charge in [-0.15, -0.1) is 0 Å². The molecule has 1 aromatic heterocycles. The first kappa shape index (κ1) is 13.8. The van der Waals surface area contributed by atoms with Crippen molar-refractivity contribution in [1.29, 1.82) is 0 Å². The molecule has 0 amide bonds. The van der Waals surface area contributed by atoms with E-state index in [-0.39, 0.29) is 0 Å². The number of likely N-dealkylation sites (N-methyl/N-ethyl adjacent to an activating group) is 2. The zero-order chi connectivity index (χ0) is 13.1. The topological polar surface area (TPSA) is 45.4 Å². The second kappa shape index (κ2) is 5.99. The summed E-state index contributed by atoms with van der Waals surface area (Å²) in [5.41, 5.74) is 6.91. The van der Waals surface area contributed by atoms with Crippen molar-refractivity contribution in [3.63, 3.8) is 0 Å². The Bertz CT molecular complexity index is 410. The highest BCUT2D eigenvalue weighted by atomic mass is 79.9. The van der Waals surface area contributed by atoms with E-state index in [1.165, 1.54) is 19.4 Å². The lowest BCUT2D eigenvalue weighted by Crippen LogP contribution is -2.45. The van der Waals surface area contributed by atoms with Crippen LogP contribution in [0.15, 0.2) is 16.7 Å². The molecule has 4 nitrogen and oxygen atoms in total. The number of halogens is 1. The van der Waals surface area contributed by atoms with Gasteiger partial charge in [-0.1, -0.05) is 0 Å². The van der Waals surface area contributed by atoms with Crippen LogP contribution in [0, 0.1) is 0 Å². The molecule has 0 radical (unpaired) electrons. The SMILES string of the molecule is CN1CCCC(N(C)c2ncc(Br)cc2CN)C1. The van der Waals surface area contributed by atoms with Gasteiger partial charge in [-0.2, -0.15) is 0 Å². The minimum Gasteiger partial charge on any atom is -0.355 e. The highest BCUT2D eigenvalue weighted by molar-refractivity contribution is 9.10. The van der Waals surface area contributed by atoms with Crippen LogP contribution < -0.4 is 10.6 Å². The quantitative estimate of drug-likeness (QED) is 0.925. The van der Waals surface area contributed by atoms with Gasteiger partial charge < -0.3 is 15.5 Å². The molecule has 0 aliphatic carbocycles. The molecule has 1 atom stereocenters. The van der Waals surface area contributed by atoms with Gasteiger partial charge in [-0.3, -0.25) is 0 Å². The van der Waals surface area contributed by atoms with Crippen LogP contribution in [0.25, 0.3) is 0 Å². The number of aromatic nitrogens is 1. The summed E-state index contributed by atoms with van der Waals surface area (Å²) in [5.74, 6) is 1.01. The number of hydrogen-bond donors (Lipinski definition) is 1. The van der Waals surface area contributed by atoms with Gasteiger partial charge in [0.25, 0.3) is 0 Å². The molecule has 100 valence electrons. The third-order valence-corrected chi connectivity index (χ3v) is 4.04. The van der Waals surface area contributed by atoms with E-state index >= 15 is 0 Å². The van der Waals surface area contributed by atoms with Crippen LogP contribution >= 0.6 is 15.9 Å². The fourth-order valence-electron chi connectivity index (χ4n) is 2.57. The second-order valence-electron chi connectivity index (χ2n) is 5.01. The van der Waals surface area contributed by atoms with Gasteiger partial charge in [0.15, 0.2) is 0 Å². The fourth-order valence-corrected chi connectivity index (χ4v) is 2.95. The van der Waals surface area contributed by atoms with E-state index in [0.717, 1.165) is 22.4 Å². The Labute approximate surface area is 117 Å². The van der Waals surface area contributed by atoms with E-state index in [9.17, 15) is 0 Å². The molecule has 1 aliphatic rings. The minimum atomic E-state index is 0.522. The maximum absolute atomic E-state index is 5.82. The molecule has 2 N–H and O–H groups in total. The molecule has 1 saturated heterocycles. The predicted octanol–water partition coefficient (Wildman–Crippen LogP) is 1.83. The summed E-state index contributed by atoms with van der Waals surface area (Å²) in [5, 5.41) is 0. The molecule has 2 heterocycles. The van der Waals surface area contributed by atoms with Gasteiger partial charge in [-0.05, 0) is 48.4 Å². The number of hydrogen-bond acceptors (Lipinski definition) is 4. The minimum absolute atomic E-state index is 0.522. The summed E-state index contributed by atoms with van der Waals surface area (Å²) in [6.07, 6.45) is 4.32. The Balaban J connectivity index is 2.19. The van der Waals surface area contributed by atoms with Crippen molar-refractivity contribution in [2.24, 2.45) is 5.73 Å². The van der Waals surface area contributed by atoms with Gasteiger partial charge in [0, 0.05) is 42.4 Å². The number of piperidine rings is 1. The van der Waals surface area contributed by atoms with Crippen LogP contribution in [0.4, 0.5) is 5.82 Å². The van der Waals surface area contributed by atoms with Crippen molar-refractivity contribution < 1.29 is 0 Å². The average Bonchev–Trinajstić information content (AvgIpc) is 2.37. The molecule has 1 aromatic rings. The lowest BCUT2D eigenvalue weighted by Gasteiger charge is -2.37. The molecule has 5 heteroatoms. The van der Waals surface area contributed by atoms with E-state index in [0.29, 0.717) is 12.6 Å². The Hall–Kier alpha value is -0.650. The highest BCUT2D eigenvalue weighted by Gasteiger charge is 2.23. The maximum Gasteiger partial charge on any atom is 0.133 e. The van der Waals surface area contributed by atoms with Crippen molar-refractivity contribution in [2.75, 3.05) is 32.1 Å². The van der Waals surface area contributed by atoms with Crippen LogP contribution in [0.1, 0.15) is 18.4 Å². The molecule has 0 spiro atoms. The summed E-state index contributed by atoms with van der Waals surface area (Å²) < 4.78 is 0.987. The van der Waals surface area contributed by atoms with E-state index in [1.54, 1.807) is 0 Å². The molecular formula is C13H21BrN4. The lowest BCUT2D eigenvalue weighted by atomic mass is 10.0. The maximum atomic E-state index is 5.82. The third-order valence-electron chi connectivity index (χ3n) is 3.61. The Kier molecular flexibility index (Phi) is 4.59. The first-order chi connectivity index (χ1) is 8.61. The lowest BCUT2D eigenvalue weighted by molar-refractivity contribution is 0.247. The number of nitrogens with zero attached hydrogens (tertiary/aromatic N) is 3. The number of likely N-dealkylation sites (tertiary alicyclic amines) is 1. The summed E-state index contributed by atoms with van der Waals surface area (Å²) in [7, 11) is 4.30. The molecule has 1 unspecified atom stereocenters. The first-order valence-corrected chi connectivity index (χ1v) is 7.17. The summed E-state index contributed by atoms with van der Waals surface area (Å²) in [4.78, 5) is 9.19. The van der Waals surface area contributed by atoms with Gasteiger partial charge in [0.2, 0.25) is 0 Å². The van der Waals surface area contributed by atoms with Crippen LogP contribution in [0.5, 0.6) is 0 Å². The van der Waals surface area contributed by atoms with Crippen molar-refractivity contribution in [3.05, 3.63) is 22.3 Å². The third kappa shape index (κ3) is 3.02. The molecule has 0 bridgehead atoms. The number of rotatable bonds is 3. The fraction of sp³-hybridized carbons (Fsp3) is 0.615. The normalized spacial score (nSPS) is 21.0. The van der Waals surface area contributed by atoms with E-state index in [1.807, 2.05) is 6.20 Å². The predicted molar refractivity (Wildman–Crippen MR) is 78.8 cm³/mol. The molecule has 1 fully saturated rings. The molecule has 2 rings (SSSR count). The zero-order valence-electron chi connectivity index (χ0n) is 11.1. The second-order valence-corrected chi connectivity index (χ2v) is 5.93. The smallest absolute Gasteiger partial charge is 0.133 e. The number of nitrogens with two attached hydrogens (primary N) is 1. The van der Waals surface area contributed by atoms with Crippen LogP contribution in [0.3, 0.4) is 0 Å². The summed E-state index contributed by atoms with van der Waals surface area (Å²) in [6, 6.07) is 2.59. The van der Waals surface area contributed by atoms with Gasteiger partial charge >= 0.3 is 0 Å². The van der Waals surface area contributed by atoms with Crippen molar-refractivity contribution in [2.45, 2.75) is 25.4 Å². The largest absolute Gasteiger partial charge is 0.355 e. The average molecular weight is 313 g/mol. The summed E-state index contributed by atoms with van der Waals surface area (Å²) in [6.45, 7) is 2.81. The Morgan fingerprint density at radius 2 is 2.39 bits per heavy atom. The molecule has 1 aliphatic heterocycles. The Morgan fingerprint density at radius 1 is 1.61 bits per heavy atom. The number of anilines is 1. The van der Waals surface area contributed by atoms with Crippen molar-refractivity contribution >= 4 is 21.7 Å². The van der Waals surface area contributed by atoms with E-state index < -0.39 is 0 Å². The van der Waals surface area contributed by atoms with Gasteiger partial charge in [0.1, 0.15) is 5.82 Å². The molecule has 0 aromatic carbocycles. The van der Waals surface area contributed by atoms with Crippen molar-refractivity contribution in [1.82, 2.24) is 9.88 Å². The van der Waals surface area contributed by atoms with Crippen molar-refractivity contribution in [3.8, 4) is 0 Å². The Morgan fingerprint density at radius 3 is 3.06 bits per heavy atom. The van der Waals surface area contributed by atoms with Crippen LogP contribution in [0.2, 0.25) is 0 Å². The molecule has 0 saturated carbocycles. The zero-order valence-corrected chi connectivity index (χ0v) is 12.7. The van der Waals surface area contributed by atoms with Crippen LogP contribution in [-0.4, -0.2) is 43.1 Å². The molecular weight excluding hydrogens is 292 g/mol. The van der Waals surface area contributed by atoms with E-state index in [2.05, 4.69) is 50.9 Å². The van der Waals surface area contributed by atoms with Gasteiger partial charge in [0.05, 0.1) is 0 Å². The number of pyridine rings is 1. The monoisotopic (exact) mass is 312 g/mol.